The second-order valence-corrected chi connectivity index (χ2v) is 5.22. The van der Waals surface area contributed by atoms with Crippen LogP contribution in [0.25, 0.3) is 0 Å². The number of nitrogens with zero attached hydrogens (tertiary/aromatic N) is 4. The predicted octanol–water partition coefficient (Wildman–Crippen LogP) is 0.669. The van der Waals surface area contributed by atoms with Crippen LogP contribution in [0.4, 0.5) is 0 Å². The first-order valence-corrected chi connectivity index (χ1v) is 7.13. The molecule has 19 heavy (non-hydrogen) atoms. The van der Waals surface area contributed by atoms with Gasteiger partial charge in [0.25, 0.3) is 0 Å². The second-order valence-electron chi connectivity index (χ2n) is 5.22. The molecule has 0 aromatic carbocycles. The Hall–Kier alpha value is -0.980. The van der Waals surface area contributed by atoms with Crippen molar-refractivity contribution >= 4 is 0 Å². The van der Waals surface area contributed by atoms with Crippen molar-refractivity contribution in [3.05, 3.63) is 12.2 Å². The van der Waals surface area contributed by atoms with E-state index in [2.05, 4.69) is 41.1 Å². The van der Waals surface area contributed by atoms with Gasteiger partial charge >= 0.3 is 0 Å². The van der Waals surface area contributed by atoms with Crippen molar-refractivity contribution in [3.63, 3.8) is 0 Å². The van der Waals surface area contributed by atoms with Gasteiger partial charge in [-0.15, -0.1) is 0 Å². The van der Waals surface area contributed by atoms with E-state index in [4.69, 9.17) is 4.74 Å². The minimum Gasteiger partial charge on any atom is -0.378 e. The summed E-state index contributed by atoms with van der Waals surface area (Å²) in [6.07, 6.45) is 1.65. The zero-order valence-electron chi connectivity index (χ0n) is 12.2. The molecule has 0 saturated carbocycles. The zero-order chi connectivity index (χ0) is 13.7. The summed E-state index contributed by atoms with van der Waals surface area (Å²) in [6, 6.07) is 0.775. The van der Waals surface area contributed by atoms with Gasteiger partial charge in [-0.2, -0.15) is 5.10 Å². The largest absolute Gasteiger partial charge is 0.378 e. The molecule has 1 fully saturated rings. The maximum atomic E-state index is 5.58. The van der Waals surface area contributed by atoms with Gasteiger partial charge in [0, 0.05) is 25.2 Å². The summed E-state index contributed by atoms with van der Waals surface area (Å²) in [6.45, 7) is 11.8. The van der Waals surface area contributed by atoms with Crippen molar-refractivity contribution in [2.45, 2.75) is 39.4 Å². The standard InChI is InChI=1S/C13H25N5O/c1-4-14-7-12-9-19-6-5-17(12)8-13-15-10-16-18(13)11(2)3/h10-12,14H,4-9H2,1-3H3. The summed E-state index contributed by atoms with van der Waals surface area (Å²) in [5.74, 6) is 1.04. The lowest BCUT2D eigenvalue weighted by atomic mass is 10.2. The SMILES string of the molecule is CCNCC1COCCN1Cc1ncnn1C(C)C. The Morgan fingerprint density at radius 1 is 1.53 bits per heavy atom. The minimum atomic E-state index is 0.353. The fraction of sp³-hybridized carbons (Fsp3) is 0.846. The summed E-state index contributed by atoms with van der Waals surface area (Å²) in [5, 5.41) is 7.70. The molecule has 1 aromatic rings. The average molecular weight is 267 g/mol. The first-order valence-electron chi connectivity index (χ1n) is 7.13. The summed E-state index contributed by atoms with van der Waals surface area (Å²) in [7, 11) is 0. The third-order valence-electron chi connectivity index (χ3n) is 3.46. The van der Waals surface area contributed by atoms with E-state index in [0.29, 0.717) is 12.1 Å². The molecule has 1 unspecified atom stereocenters. The number of hydrogen-bond donors (Lipinski definition) is 1. The van der Waals surface area contributed by atoms with Crippen LogP contribution in [0.3, 0.4) is 0 Å². The predicted molar refractivity (Wildman–Crippen MR) is 74.0 cm³/mol. The quantitative estimate of drug-likeness (QED) is 0.821. The molecule has 0 aliphatic carbocycles. The molecule has 2 heterocycles. The van der Waals surface area contributed by atoms with Crippen molar-refractivity contribution in [3.8, 4) is 0 Å². The molecule has 2 rings (SSSR count). The molecular formula is C13H25N5O. The number of nitrogens with one attached hydrogen (secondary N) is 1. The van der Waals surface area contributed by atoms with Crippen LogP contribution in [0.15, 0.2) is 6.33 Å². The van der Waals surface area contributed by atoms with E-state index in [0.717, 1.165) is 45.2 Å². The van der Waals surface area contributed by atoms with Crippen LogP contribution in [0.2, 0.25) is 0 Å². The first-order chi connectivity index (χ1) is 9.22. The number of aromatic nitrogens is 3. The lowest BCUT2D eigenvalue weighted by molar-refractivity contribution is -0.0125. The van der Waals surface area contributed by atoms with Gasteiger partial charge in [0.05, 0.1) is 19.8 Å². The van der Waals surface area contributed by atoms with Crippen LogP contribution in [0, 0.1) is 0 Å². The van der Waals surface area contributed by atoms with Gasteiger partial charge in [-0.25, -0.2) is 9.67 Å². The van der Waals surface area contributed by atoms with Crippen molar-refractivity contribution in [2.75, 3.05) is 32.8 Å². The highest BCUT2D eigenvalue weighted by Gasteiger charge is 2.24. The highest BCUT2D eigenvalue weighted by molar-refractivity contribution is 4.89. The molecule has 1 aliphatic heterocycles. The Morgan fingerprint density at radius 2 is 2.37 bits per heavy atom. The maximum absolute atomic E-state index is 5.58. The molecule has 6 nitrogen and oxygen atoms in total. The zero-order valence-corrected chi connectivity index (χ0v) is 12.2. The Labute approximate surface area is 115 Å². The normalized spacial score (nSPS) is 21.2. The van der Waals surface area contributed by atoms with Crippen molar-refractivity contribution in [1.29, 1.82) is 0 Å². The Balaban J connectivity index is 2.00. The van der Waals surface area contributed by atoms with Crippen LogP contribution >= 0.6 is 0 Å². The number of hydrogen-bond acceptors (Lipinski definition) is 5. The number of likely N-dealkylation sites (N-methyl/N-ethyl adjacent to an activating group) is 1. The fourth-order valence-corrected chi connectivity index (χ4v) is 2.40. The summed E-state index contributed by atoms with van der Waals surface area (Å²) in [5.41, 5.74) is 0. The van der Waals surface area contributed by atoms with Gasteiger partial charge in [0.15, 0.2) is 0 Å². The molecule has 0 spiro atoms. The van der Waals surface area contributed by atoms with Crippen LogP contribution in [0.1, 0.15) is 32.6 Å². The van der Waals surface area contributed by atoms with Gasteiger partial charge in [-0.3, -0.25) is 4.90 Å². The Bertz CT molecular complexity index is 379. The van der Waals surface area contributed by atoms with Gasteiger partial charge in [0.2, 0.25) is 0 Å². The van der Waals surface area contributed by atoms with Crippen molar-refractivity contribution in [2.24, 2.45) is 0 Å². The molecule has 0 amide bonds. The van der Waals surface area contributed by atoms with Crippen LogP contribution in [-0.4, -0.2) is 58.6 Å². The smallest absolute Gasteiger partial charge is 0.141 e. The molecule has 1 aliphatic rings. The van der Waals surface area contributed by atoms with E-state index in [9.17, 15) is 0 Å². The van der Waals surface area contributed by atoms with Crippen molar-refractivity contribution < 1.29 is 4.74 Å². The van der Waals surface area contributed by atoms with Crippen LogP contribution in [0.5, 0.6) is 0 Å². The molecule has 1 atom stereocenters. The second kappa shape index (κ2) is 6.98. The van der Waals surface area contributed by atoms with Gasteiger partial charge in [-0.1, -0.05) is 6.92 Å². The molecule has 108 valence electrons. The van der Waals surface area contributed by atoms with Crippen LogP contribution in [-0.2, 0) is 11.3 Å². The molecule has 1 aromatic heterocycles. The molecule has 6 heteroatoms. The minimum absolute atomic E-state index is 0.353. The summed E-state index contributed by atoms with van der Waals surface area (Å²) >= 11 is 0. The topological polar surface area (TPSA) is 55.2 Å². The van der Waals surface area contributed by atoms with E-state index >= 15 is 0 Å². The van der Waals surface area contributed by atoms with E-state index < -0.39 is 0 Å². The lowest BCUT2D eigenvalue weighted by Gasteiger charge is -2.35. The first kappa shape index (κ1) is 14.4. The molecule has 0 radical (unpaired) electrons. The third kappa shape index (κ3) is 3.75. The molecular weight excluding hydrogens is 242 g/mol. The average Bonchev–Trinajstić information content (AvgIpc) is 2.86. The van der Waals surface area contributed by atoms with E-state index in [-0.39, 0.29) is 0 Å². The maximum Gasteiger partial charge on any atom is 0.141 e. The Kier molecular flexibility index (Phi) is 5.30. The van der Waals surface area contributed by atoms with Crippen LogP contribution < -0.4 is 5.32 Å². The van der Waals surface area contributed by atoms with Gasteiger partial charge in [-0.05, 0) is 20.4 Å². The van der Waals surface area contributed by atoms with E-state index in [1.165, 1.54) is 0 Å². The summed E-state index contributed by atoms with van der Waals surface area (Å²) in [4.78, 5) is 6.83. The van der Waals surface area contributed by atoms with E-state index in [1.54, 1.807) is 6.33 Å². The number of morpholine rings is 1. The summed E-state index contributed by atoms with van der Waals surface area (Å²) < 4.78 is 7.58. The highest BCUT2D eigenvalue weighted by Crippen LogP contribution is 2.13. The highest BCUT2D eigenvalue weighted by atomic mass is 16.5. The number of ether oxygens (including phenoxy) is 1. The van der Waals surface area contributed by atoms with E-state index in [1.807, 2.05) is 4.68 Å². The molecule has 1 N–H and O–H groups in total. The lowest BCUT2D eigenvalue weighted by Crippen LogP contribution is -2.50. The van der Waals surface area contributed by atoms with Gasteiger partial charge in [0.1, 0.15) is 12.2 Å². The molecule has 1 saturated heterocycles. The fourth-order valence-electron chi connectivity index (χ4n) is 2.40. The number of rotatable bonds is 6. The molecule has 0 bridgehead atoms. The van der Waals surface area contributed by atoms with Gasteiger partial charge < -0.3 is 10.1 Å². The van der Waals surface area contributed by atoms with Crippen molar-refractivity contribution in [1.82, 2.24) is 25.0 Å². The monoisotopic (exact) mass is 267 g/mol. The third-order valence-corrected chi connectivity index (χ3v) is 3.46. The Morgan fingerprint density at radius 3 is 3.11 bits per heavy atom.